The summed E-state index contributed by atoms with van der Waals surface area (Å²) in [5.74, 6) is -1.58. The first-order chi connectivity index (χ1) is 9.49. The zero-order valence-electron chi connectivity index (χ0n) is 10.7. The number of carbonyl (C=O) groups is 2. The lowest BCUT2D eigenvalue weighted by Gasteiger charge is -2.09. The van der Waals surface area contributed by atoms with Crippen LogP contribution in [0.3, 0.4) is 0 Å². The summed E-state index contributed by atoms with van der Waals surface area (Å²) in [4.78, 5) is 34.0. The molecule has 0 aliphatic rings. The van der Waals surface area contributed by atoms with Gasteiger partial charge in [0.15, 0.2) is 0 Å². The van der Waals surface area contributed by atoms with Gasteiger partial charge >= 0.3 is 5.97 Å². The van der Waals surface area contributed by atoms with E-state index in [1.807, 2.05) is 0 Å². The third kappa shape index (κ3) is 2.82. The maximum absolute atomic E-state index is 11.7. The minimum atomic E-state index is -1.11. The third-order valence-electron chi connectivity index (χ3n) is 2.85. The predicted molar refractivity (Wildman–Crippen MR) is 71.3 cm³/mol. The second-order valence-electron chi connectivity index (χ2n) is 4.35. The van der Waals surface area contributed by atoms with Gasteiger partial charge < -0.3 is 10.4 Å². The van der Waals surface area contributed by atoms with Crippen LogP contribution in [0.15, 0.2) is 29.1 Å². The van der Waals surface area contributed by atoms with Gasteiger partial charge in [0.25, 0.3) is 5.56 Å². The van der Waals surface area contributed by atoms with Crippen molar-refractivity contribution in [3.8, 4) is 0 Å². The number of nitrogens with zero attached hydrogens (tertiary/aromatic N) is 1. The van der Waals surface area contributed by atoms with E-state index >= 15 is 0 Å². The highest BCUT2D eigenvalue weighted by molar-refractivity contribution is 5.89. The van der Waals surface area contributed by atoms with Crippen molar-refractivity contribution < 1.29 is 14.7 Å². The number of aromatic amines is 1. The SMILES string of the molecule is C[C@@H](NC(=O)Cc1n[nH]c(=O)c2ccccc12)C(=O)O. The van der Waals surface area contributed by atoms with Gasteiger partial charge in [0, 0.05) is 5.39 Å². The van der Waals surface area contributed by atoms with E-state index in [-0.39, 0.29) is 12.0 Å². The molecule has 1 aromatic heterocycles. The van der Waals surface area contributed by atoms with E-state index in [1.54, 1.807) is 24.3 Å². The molecule has 104 valence electrons. The van der Waals surface area contributed by atoms with Crippen LogP contribution in [-0.4, -0.2) is 33.2 Å². The monoisotopic (exact) mass is 275 g/mol. The molecule has 2 aromatic rings. The van der Waals surface area contributed by atoms with Crippen LogP contribution < -0.4 is 10.9 Å². The normalized spacial score (nSPS) is 12.1. The Hall–Kier alpha value is -2.70. The maximum Gasteiger partial charge on any atom is 0.325 e. The van der Waals surface area contributed by atoms with E-state index in [9.17, 15) is 14.4 Å². The molecule has 0 saturated carbocycles. The van der Waals surface area contributed by atoms with Crippen LogP contribution in [0.2, 0.25) is 0 Å². The molecular formula is C13H13N3O4. The number of nitrogens with one attached hydrogen (secondary N) is 2. The Morgan fingerprint density at radius 3 is 2.65 bits per heavy atom. The lowest BCUT2D eigenvalue weighted by molar-refractivity contribution is -0.141. The zero-order valence-corrected chi connectivity index (χ0v) is 10.7. The Morgan fingerprint density at radius 1 is 1.35 bits per heavy atom. The number of amides is 1. The second kappa shape index (κ2) is 5.52. The standard InChI is InChI=1S/C13H13N3O4/c1-7(13(19)20)14-11(17)6-10-8-4-2-3-5-9(8)12(18)16-15-10/h2-5,7H,6H2,1H3,(H,14,17)(H,16,18)(H,19,20)/t7-/m1/s1. The van der Waals surface area contributed by atoms with Crippen molar-refractivity contribution in [3.05, 3.63) is 40.3 Å². The third-order valence-corrected chi connectivity index (χ3v) is 2.85. The summed E-state index contributed by atoms with van der Waals surface area (Å²) < 4.78 is 0. The van der Waals surface area contributed by atoms with Gasteiger partial charge in [-0.2, -0.15) is 5.10 Å². The van der Waals surface area contributed by atoms with Gasteiger partial charge in [0.2, 0.25) is 5.91 Å². The molecule has 0 fully saturated rings. The van der Waals surface area contributed by atoms with Gasteiger partial charge in [-0.25, -0.2) is 5.10 Å². The molecular weight excluding hydrogens is 262 g/mol. The van der Waals surface area contributed by atoms with E-state index in [1.165, 1.54) is 6.92 Å². The van der Waals surface area contributed by atoms with E-state index in [2.05, 4.69) is 15.5 Å². The summed E-state index contributed by atoms with van der Waals surface area (Å²) >= 11 is 0. The number of hydrogen-bond donors (Lipinski definition) is 3. The fourth-order valence-electron chi connectivity index (χ4n) is 1.81. The molecule has 7 heteroatoms. The molecule has 0 radical (unpaired) electrons. The van der Waals surface area contributed by atoms with Crippen molar-refractivity contribution in [2.24, 2.45) is 0 Å². The van der Waals surface area contributed by atoms with Gasteiger partial charge in [-0.15, -0.1) is 0 Å². The lowest BCUT2D eigenvalue weighted by Crippen LogP contribution is -2.39. The first kappa shape index (κ1) is 13.7. The van der Waals surface area contributed by atoms with Crippen molar-refractivity contribution in [2.45, 2.75) is 19.4 Å². The summed E-state index contributed by atoms with van der Waals surface area (Å²) in [7, 11) is 0. The van der Waals surface area contributed by atoms with Gasteiger partial charge in [0.05, 0.1) is 17.5 Å². The molecule has 0 aliphatic carbocycles. The van der Waals surface area contributed by atoms with E-state index in [0.29, 0.717) is 16.5 Å². The number of carboxylic acid groups (broad SMARTS) is 1. The fourth-order valence-corrected chi connectivity index (χ4v) is 1.81. The average molecular weight is 275 g/mol. The summed E-state index contributed by atoms with van der Waals surface area (Å²) in [5.41, 5.74) is 0.0685. The number of hydrogen-bond acceptors (Lipinski definition) is 4. The number of H-pyrrole nitrogens is 1. The Morgan fingerprint density at radius 2 is 2.00 bits per heavy atom. The van der Waals surface area contributed by atoms with Crippen molar-refractivity contribution in [1.29, 1.82) is 0 Å². The quantitative estimate of drug-likeness (QED) is 0.730. The maximum atomic E-state index is 11.7. The van der Waals surface area contributed by atoms with Crippen molar-refractivity contribution >= 4 is 22.6 Å². The molecule has 0 bridgehead atoms. The molecule has 2 rings (SSSR count). The fraction of sp³-hybridized carbons (Fsp3) is 0.231. The van der Waals surface area contributed by atoms with Crippen LogP contribution in [0.25, 0.3) is 10.8 Å². The molecule has 0 aliphatic heterocycles. The number of carbonyl (C=O) groups excluding carboxylic acids is 1. The van der Waals surface area contributed by atoms with E-state index < -0.39 is 17.9 Å². The average Bonchev–Trinajstić information content (AvgIpc) is 2.42. The number of carboxylic acids is 1. The van der Waals surface area contributed by atoms with E-state index in [0.717, 1.165) is 0 Å². The Balaban J connectivity index is 2.26. The minimum Gasteiger partial charge on any atom is -0.480 e. The van der Waals surface area contributed by atoms with Crippen LogP contribution in [0, 0.1) is 0 Å². The van der Waals surface area contributed by atoms with Gasteiger partial charge in [-0.05, 0) is 13.0 Å². The molecule has 1 atom stereocenters. The first-order valence-corrected chi connectivity index (χ1v) is 5.97. The number of rotatable bonds is 4. The van der Waals surface area contributed by atoms with Gasteiger partial charge in [0.1, 0.15) is 6.04 Å². The molecule has 20 heavy (non-hydrogen) atoms. The van der Waals surface area contributed by atoms with Crippen LogP contribution in [0.5, 0.6) is 0 Å². The number of aliphatic carboxylic acids is 1. The lowest BCUT2D eigenvalue weighted by atomic mass is 10.1. The Kier molecular flexibility index (Phi) is 3.79. The van der Waals surface area contributed by atoms with Crippen molar-refractivity contribution in [2.75, 3.05) is 0 Å². The number of aromatic nitrogens is 2. The summed E-state index contributed by atoms with van der Waals surface area (Å²) in [6.07, 6.45) is -0.102. The topological polar surface area (TPSA) is 112 Å². The molecule has 3 N–H and O–H groups in total. The highest BCUT2D eigenvalue weighted by Gasteiger charge is 2.16. The second-order valence-corrected chi connectivity index (χ2v) is 4.35. The largest absolute Gasteiger partial charge is 0.480 e. The highest BCUT2D eigenvalue weighted by Crippen LogP contribution is 2.12. The number of benzene rings is 1. The molecule has 7 nitrogen and oxygen atoms in total. The van der Waals surface area contributed by atoms with Gasteiger partial charge in [-0.3, -0.25) is 14.4 Å². The molecule has 0 unspecified atom stereocenters. The first-order valence-electron chi connectivity index (χ1n) is 5.97. The zero-order chi connectivity index (χ0) is 14.7. The molecule has 0 saturated heterocycles. The highest BCUT2D eigenvalue weighted by atomic mass is 16.4. The minimum absolute atomic E-state index is 0.102. The Labute approximate surface area is 113 Å². The molecule has 1 heterocycles. The van der Waals surface area contributed by atoms with Crippen LogP contribution >= 0.6 is 0 Å². The molecule has 1 aromatic carbocycles. The number of fused-ring (bicyclic) bond motifs is 1. The Bertz CT molecular complexity index is 723. The smallest absolute Gasteiger partial charge is 0.325 e. The summed E-state index contributed by atoms with van der Waals surface area (Å²) in [5, 5.41) is 18.3. The summed E-state index contributed by atoms with van der Waals surface area (Å²) in [6, 6.07) is 5.81. The molecule has 1 amide bonds. The molecule has 0 spiro atoms. The predicted octanol–water partition coefficient (Wildman–Crippen LogP) is 0.0549. The van der Waals surface area contributed by atoms with Gasteiger partial charge in [-0.1, -0.05) is 18.2 Å². The van der Waals surface area contributed by atoms with Crippen LogP contribution in [0.1, 0.15) is 12.6 Å². The van der Waals surface area contributed by atoms with E-state index in [4.69, 9.17) is 5.11 Å². The van der Waals surface area contributed by atoms with Crippen LogP contribution in [-0.2, 0) is 16.0 Å². The van der Waals surface area contributed by atoms with Crippen molar-refractivity contribution in [1.82, 2.24) is 15.5 Å². The summed E-state index contributed by atoms with van der Waals surface area (Å²) in [6.45, 7) is 1.37. The van der Waals surface area contributed by atoms with Crippen molar-refractivity contribution in [3.63, 3.8) is 0 Å². The van der Waals surface area contributed by atoms with Crippen LogP contribution in [0.4, 0.5) is 0 Å².